The molecule has 0 saturated heterocycles. The minimum atomic E-state index is -0.628. The third-order valence-corrected chi connectivity index (χ3v) is 3.32. The topological polar surface area (TPSA) is 41.5 Å². The van der Waals surface area contributed by atoms with E-state index in [1.165, 1.54) is 0 Å². The molecule has 0 aliphatic carbocycles. The van der Waals surface area contributed by atoms with Gasteiger partial charge in [-0.25, -0.2) is 0 Å². The first kappa shape index (κ1) is 11.3. The van der Waals surface area contributed by atoms with E-state index < -0.39 is 5.54 Å². The fraction of sp³-hybridized carbons (Fsp3) is 0.333. The molecule has 0 fully saturated rings. The van der Waals surface area contributed by atoms with Crippen molar-refractivity contribution in [2.75, 3.05) is 0 Å². The van der Waals surface area contributed by atoms with Gasteiger partial charge in [-0.1, -0.05) is 34.1 Å². The predicted octanol–water partition coefficient (Wildman–Crippen LogP) is 2.30. The van der Waals surface area contributed by atoms with Crippen molar-refractivity contribution in [3.8, 4) is 0 Å². The van der Waals surface area contributed by atoms with E-state index in [9.17, 15) is 4.79 Å². The lowest BCUT2D eigenvalue weighted by atomic mass is 10.1. The number of nitrogens with one attached hydrogen (secondary N) is 1. The third-order valence-electron chi connectivity index (χ3n) is 2.54. The maximum atomic E-state index is 11.5. The van der Waals surface area contributed by atoms with Crippen molar-refractivity contribution in [3.05, 3.63) is 34.3 Å². The van der Waals surface area contributed by atoms with Gasteiger partial charge < -0.3 is 5.32 Å². The van der Waals surface area contributed by atoms with E-state index in [1.54, 1.807) is 0 Å². The number of benzene rings is 1. The van der Waals surface area contributed by atoms with Crippen molar-refractivity contribution in [2.45, 2.75) is 25.8 Å². The van der Waals surface area contributed by atoms with E-state index in [4.69, 9.17) is 0 Å². The summed E-state index contributed by atoms with van der Waals surface area (Å²) in [6.45, 7) is 3.63. The first-order valence-electron chi connectivity index (χ1n) is 5.12. The second-order valence-corrected chi connectivity index (χ2v) is 5.19. The highest BCUT2D eigenvalue weighted by Crippen LogP contribution is 2.20. The molecule has 16 heavy (non-hydrogen) atoms. The van der Waals surface area contributed by atoms with E-state index in [0.717, 1.165) is 15.9 Å². The van der Waals surface area contributed by atoms with Gasteiger partial charge in [0.2, 0.25) is 0 Å². The minimum absolute atomic E-state index is 0.0328. The van der Waals surface area contributed by atoms with Gasteiger partial charge in [0.1, 0.15) is 11.4 Å². The Bertz CT molecular complexity index is 466. The average molecular weight is 281 g/mol. The SMILES string of the molecule is CC1(C)N=C(Cc2ccccc2Br)NC1=O. The summed E-state index contributed by atoms with van der Waals surface area (Å²) in [5, 5.41) is 2.81. The van der Waals surface area contributed by atoms with E-state index in [0.29, 0.717) is 6.42 Å². The molecule has 0 bridgehead atoms. The van der Waals surface area contributed by atoms with Crippen LogP contribution in [-0.4, -0.2) is 17.3 Å². The molecule has 0 radical (unpaired) electrons. The number of carbonyl (C=O) groups excluding carboxylic acids is 1. The maximum Gasteiger partial charge on any atom is 0.252 e. The minimum Gasteiger partial charge on any atom is -0.312 e. The zero-order valence-corrected chi connectivity index (χ0v) is 10.8. The second kappa shape index (κ2) is 4.01. The van der Waals surface area contributed by atoms with Gasteiger partial charge in [0.05, 0.1) is 0 Å². The van der Waals surface area contributed by atoms with Crippen molar-refractivity contribution in [1.82, 2.24) is 5.32 Å². The van der Waals surface area contributed by atoms with Crippen molar-refractivity contribution in [2.24, 2.45) is 4.99 Å². The molecule has 4 heteroatoms. The van der Waals surface area contributed by atoms with E-state index in [2.05, 4.69) is 26.2 Å². The number of hydrogen-bond donors (Lipinski definition) is 1. The van der Waals surface area contributed by atoms with Gasteiger partial charge in [0.25, 0.3) is 5.91 Å². The maximum absolute atomic E-state index is 11.5. The molecule has 1 heterocycles. The number of rotatable bonds is 2. The standard InChI is InChI=1S/C12H13BrN2O/c1-12(2)11(16)14-10(15-12)7-8-5-3-4-6-9(8)13/h3-6H,7H2,1-2H3,(H,14,15,16). The predicted molar refractivity (Wildman–Crippen MR) is 67.5 cm³/mol. The first-order valence-corrected chi connectivity index (χ1v) is 5.92. The Morgan fingerprint density at radius 3 is 2.62 bits per heavy atom. The van der Waals surface area contributed by atoms with Crippen LogP contribution in [0, 0.1) is 0 Å². The molecule has 1 amide bonds. The number of amidine groups is 1. The number of carbonyl (C=O) groups is 1. The number of hydrogen-bond acceptors (Lipinski definition) is 2. The number of halogens is 1. The van der Waals surface area contributed by atoms with E-state index >= 15 is 0 Å². The summed E-state index contributed by atoms with van der Waals surface area (Å²) in [5.41, 5.74) is 0.496. The summed E-state index contributed by atoms with van der Waals surface area (Å²) in [5.74, 6) is 0.705. The molecule has 3 nitrogen and oxygen atoms in total. The highest BCUT2D eigenvalue weighted by molar-refractivity contribution is 9.10. The normalized spacial score (nSPS) is 18.2. The molecule has 0 unspecified atom stereocenters. The van der Waals surface area contributed by atoms with Crippen LogP contribution in [0.25, 0.3) is 0 Å². The smallest absolute Gasteiger partial charge is 0.252 e. The lowest BCUT2D eigenvalue weighted by Gasteiger charge is -2.07. The lowest BCUT2D eigenvalue weighted by Crippen LogP contribution is -2.34. The summed E-state index contributed by atoms with van der Waals surface area (Å²) < 4.78 is 1.04. The van der Waals surface area contributed by atoms with Crippen molar-refractivity contribution in [1.29, 1.82) is 0 Å². The monoisotopic (exact) mass is 280 g/mol. The van der Waals surface area contributed by atoms with Gasteiger partial charge in [-0.05, 0) is 25.5 Å². The van der Waals surface area contributed by atoms with Gasteiger partial charge in [-0.2, -0.15) is 0 Å². The van der Waals surface area contributed by atoms with Crippen molar-refractivity contribution in [3.63, 3.8) is 0 Å². The number of amides is 1. The van der Waals surface area contributed by atoms with Crippen LogP contribution >= 0.6 is 15.9 Å². The summed E-state index contributed by atoms with van der Waals surface area (Å²) in [6, 6.07) is 7.94. The molecule has 0 aromatic heterocycles. The Balaban J connectivity index is 2.19. The Morgan fingerprint density at radius 1 is 1.38 bits per heavy atom. The molecular formula is C12H13BrN2O. The zero-order valence-electron chi connectivity index (χ0n) is 9.25. The molecule has 1 aliphatic heterocycles. The molecule has 84 valence electrons. The Labute approximate surface area is 103 Å². The van der Waals surface area contributed by atoms with Crippen molar-refractivity contribution >= 4 is 27.7 Å². The van der Waals surface area contributed by atoms with Crippen LogP contribution in [0.2, 0.25) is 0 Å². The zero-order chi connectivity index (χ0) is 11.8. The van der Waals surface area contributed by atoms with Gasteiger partial charge in [0.15, 0.2) is 0 Å². The van der Waals surface area contributed by atoms with E-state index in [-0.39, 0.29) is 5.91 Å². The van der Waals surface area contributed by atoms with Gasteiger partial charge in [-0.3, -0.25) is 9.79 Å². The summed E-state index contributed by atoms with van der Waals surface area (Å²) in [7, 11) is 0. The van der Waals surface area contributed by atoms with Crippen LogP contribution in [0.5, 0.6) is 0 Å². The first-order chi connectivity index (χ1) is 7.49. The van der Waals surface area contributed by atoms with Crippen LogP contribution in [0.1, 0.15) is 19.4 Å². The van der Waals surface area contributed by atoms with Crippen LogP contribution in [0.15, 0.2) is 33.7 Å². The van der Waals surface area contributed by atoms with Crippen LogP contribution in [0.3, 0.4) is 0 Å². The Hall–Kier alpha value is -1.16. The molecule has 2 rings (SSSR count). The molecule has 1 aromatic carbocycles. The second-order valence-electron chi connectivity index (χ2n) is 4.34. The largest absolute Gasteiger partial charge is 0.312 e. The van der Waals surface area contributed by atoms with Gasteiger partial charge >= 0.3 is 0 Å². The quantitative estimate of drug-likeness (QED) is 0.888. The number of aliphatic imine (C=N–C) groups is 1. The average Bonchev–Trinajstić information content (AvgIpc) is 2.44. The van der Waals surface area contributed by atoms with Crippen LogP contribution in [0.4, 0.5) is 0 Å². The highest BCUT2D eigenvalue weighted by atomic mass is 79.9. The Kier molecular flexibility index (Phi) is 2.84. The molecular weight excluding hydrogens is 268 g/mol. The van der Waals surface area contributed by atoms with Gasteiger partial charge in [0, 0.05) is 10.9 Å². The molecule has 1 aliphatic rings. The van der Waals surface area contributed by atoms with E-state index in [1.807, 2.05) is 38.1 Å². The summed E-state index contributed by atoms with van der Waals surface area (Å²) in [6.07, 6.45) is 0.649. The molecule has 0 atom stereocenters. The fourth-order valence-electron chi connectivity index (χ4n) is 1.61. The lowest BCUT2D eigenvalue weighted by molar-refractivity contribution is -0.122. The fourth-order valence-corrected chi connectivity index (χ4v) is 2.03. The Morgan fingerprint density at radius 2 is 2.06 bits per heavy atom. The van der Waals surface area contributed by atoms with Crippen molar-refractivity contribution < 1.29 is 4.79 Å². The van der Waals surface area contributed by atoms with Gasteiger partial charge in [-0.15, -0.1) is 0 Å². The highest BCUT2D eigenvalue weighted by Gasteiger charge is 2.33. The summed E-state index contributed by atoms with van der Waals surface area (Å²) >= 11 is 3.48. The molecule has 1 aromatic rings. The van der Waals surface area contributed by atoms with Crippen LogP contribution < -0.4 is 5.32 Å². The van der Waals surface area contributed by atoms with Crippen LogP contribution in [-0.2, 0) is 11.2 Å². The third kappa shape index (κ3) is 2.16. The summed E-state index contributed by atoms with van der Waals surface area (Å²) in [4.78, 5) is 15.9. The molecule has 0 spiro atoms. The molecule has 1 N–H and O–H groups in total. The molecule has 0 saturated carbocycles. The number of nitrogens with zero attached hydrogens (tertiary/aromatic N) is 1.